The molecule has 1 aromatic carbocycles. The molecule has 3 aliphatic heterocycles. The molecule has 7 nitrogen and oxygen atoms in total. The lowest BCUT2D eigenvalue weighted by atomic mass is 9.84. The quantitative estimate of drug-likeness (QED) is 0.565. The molecule has 0 spiro atoms. The minimum Gasteiger partial charge on any atom is -0.469 e. The van der Waals surface area contributed by atoms with E-state index >= 15 is 0 Å². The number of aryl methyl sites for hydroxylation is 1. The van der Waals surface area contributed by atoms with E-state index in [1.54, 1.807) is 0 Å². The van der Waals surface area contributed by atoms with E-state index in [2.05, 4.69) is 25.2 Å². The molecular weight excluding hydrogens is 356 g/mol. The van der Waals surface area contributed by atoms with Crippen molar-refractivity contribution in [1.82, 2.24) is 20.4 Å². The van der Waals surface area contributed by atoms with Gasteiger partial charge in [0, 0.05) is 24.4 Å². The van der Waals surface area contributed by atoms with Crippen LogP contribution in [0.1, 0.15) is 48.2 Å². The fraction of sp³-hybridized carbons (Fsp3) is 0.571. The van der Waals surface area contributed by atoms with Crippen molar-refractivity contribution in [3.8, 4) is 0 Å². The number of methoxy groups -OCH3 is 1. The lowest BCUT2D eigenvalue weighted by molar-refractivity contribution is -0.140. The summed E-state index contributed by atoms with van der Waals surface area (Å²) >= 11 is 0. The SMILES string of the molecule is COC(=O)CCCCc1ccc2[nH]nc(C(=O)N[C@@H]3CN4CCC3CC4)c2c1. The average molecular weight is 384 g/mol. The molecule has 7 heteroatoms. The van der Waals surface area contributed by atoms with Gasteiger partial charge in [0.2, 0.25) is 0 Å². The van der Waals surface area contributed by atoms with Gasteiger partial charge in [0.15, 0.2) is 5.69 Å². The van der Waals surface area contributed by atoms with Crippen molar-refractivity contribution in [2.75, 3.05) is 26.7 Å². The van der Waals surface area contributed by atoms with Crippen LogP contribution in [-0.2, 0) is 16.0 Å². The number of H-pyrrole nitrogens is 1. The summed E-state index contributed by atoms with van der Waals surface area (Å²) in [6.07, 6.45) is 5.34. The van der Waals surface area contributed by atoms with Gasteiger partial charge >= 0.3 is 5.97 Å². The van der Waals surface area contributed by atoms with Gasteiger partial charge in [-0.25, -0.2) is 0 Å². The number of rotatable bonds is 7. The van der Waals surface area contributed by atoms with Gasteiger partial charge in [0.25, 0.3) is 5.91 Å². The van der Waals surface area contributed by atoms with Crippen LogP contribution in [-0.4, -0.2) is 59.8 Å². The van der Waals surface area contributed by atoms with Gasteiger partial charge in [-0.3, -0.25) is 14.7 Å². The fourth-order valence-electron chi connectivity index (χ4n) is 4.46. The first-order chi connectivity index (χ1) is 13.6. The van der Waals surface area contributed by atoms with Crippen molar-refractivity contribution in [2.45, 2.75) is 44.6 Å². The van der Waals surface area contributed by atoms with Gasteiger partial charge in [-0.1, -0.05) is 6.07 Å². The van der Waals surface area contributed by atoms with Crippen LogP contribution in [0.5, 0.6) is 0 Å². The molecule has 2 aromatic rings. The summed E-state index contributed by atoms with van der Waals surface area (Å²) in [6.45, 7) is 3.26. The first-order valence-electron chi connectivity index (χ1n) is 10.2. The molecule has 4 heterocycles. The molecular formula is C21H28N4O3. The first kappa shape index (κ1) is 18.9. The summed E-state index contributed by atoms with van der Waals surface area (Å²) in [6, 6.07) is 6.29. The molecule has 0 radical (unpaired) electrons. The van der Waals surface area contributed by atoms with Crippen LogP contribution in [0.15, 0.2) is 18.2 Å². The highest BCUT2D eigenvalue weighted by atomic mass is 16.5. The van der Waals surface area contributed by atoms with Crippen molar-refractivity contribution in [3.05, 3.63) is 29.5 Å². The Morgan fingerprint density at radius 2 is 2.11 bits per heavy atom. The molecule has 3 fully saturated rings. The molecule has 3 aliphatic rings. The maximum atomic E-state index is 12.9. The maximum absolute atomic E-state index is 12.9. The number of fused-ring (bicyclic) bond motifs is 4. The second-order valence-corrected chi connectivity index (χ2v) is 7.95. The van der Waals surface area contributed by atoms with Crippen LogP contribution in [0, 0.1) is 5.92 Å². The Morgan fingerprint density at radius 1 is 1.29 bits per heavy atom. The zero-order chi connectivity index (χ0) is 19.5. The second-order valence-electron chi connectivity index (χ2n) is 7.95. The van der Waals surface area contributed by atoms with E-state index in [4.69, 9.17) is 0 Å². The van der Waals surface area contributed by atoms with Crippen molar-refractivity contribution in [1.29, 1.82) is 0 Å². The summed E-state index contributed by atoms with van der Waals surface area (Å²) < 4.78 is 4.67. The minimum absolute atomic E-state index is 0.0900. The highest BCUT2D eigenvalue weighted by molar-refractivity contribution is 6.04. The number of ether oxygens (including phenoxy) is 1. The van der Waals surface area contributed by atoms with Crippen LogP contribution in [0.2, 0.25) is 0 Å². The molecule has 1 atom stereocenters. The summed E-state index contributed by atoms with van der Waals surface area (Å²) in [7, 11) is 1.41. The number of unbranched alkanes of at least 4 members (excludes halogenated alkanes) is 1. The number of hydrogen-bond acceptors (Lipinski definition) is 5. The van der Waals surface area contributed by atoms with Crippen molar-refractivity contribution >= 4 is 22.8 Å². The summed E-state index contributed by atoms with van der Waals surface area (Å²) in [5.41, 5.74) is 2.50. The Bertz CT molecular complexity index is 854. The average Bonchev–Trinajstić information content (AvgIpc) is 3.15. The lowest BCUT2D eigenvalue weighted by Gasteiger charge is -2.44. The summed E-state index contributed by atoms with van der Waals surface area (Å²) in [4.78, 5) is 26.5. The number of piperidine rings is 3. The molecule has 0 aliphatic carbocycles. The van der Waals surface area contributed by atoms with Crippen LogP contribution >= 0.6 is 0 Å². The molecule has 1 amide bonds. The minimum atomic E-state index is -0.169. The third kappa shape index (κ3) is 4.04. The van der Waals surface area contributed by atoms with E-state index in [9.17, 15) is 9.59 Å². The van der Waals surface area contributed by atoms with Gasteiger partial charge in [-0.05, 0) is 68.8 Å². The molecule has 1 aromatic heterocycles. The molecule has 28 heavy (non-hydrogen) atoms. The van der Waals surface area contributed by atoms with E-state index in [-0.39, 0.29) is 17.9 Å². The van der Waals surface area contributed by atoms with Crippen molar-refractivity contribution in [2.24, 2.45) is 5.92 Å². The Hall–Kier alpha value is -2.41. The van der Waals surface area contributed by atoms with E-state index in [0.717, 1.165) is 55.4 Å². The molecule has 3 saturated heterocycles. The van der Waals surface area contributed by atoms with Gasteiger partial charge in [0.1, 0.15) is 0 Å². The number of nitrogens with zero attached hydrogens (tertiary/aromatic N) is 2. The molecule has 5 rings (SSSR count). The zero-order valence-electron chi connectivity index (χ0n) is 16.4. The number of carbonyl (C=O) groups excluding carboxylic acids is 2. The van der Waals surface area contributed by atoms with Gasteiger partial charge in [0.05, 0.1) is 12.6 Å². The van der Waals surface area contributed by atoms with E-state index in [0.29, 0.717) is 18.0 Å². The topological polar surface area (TPSA) is 87.3 Å². The summed E-state index contributed by atoms with van der Waals surface area (Å²) in [5, 5.41) is 11.3. The number of benzene rings is 1. The predicted molar refractivity (Wildman–Crippen MR) is 106 cm³/mol. The van der Waals surface area contributed by atoms with Crippen LogP contribution in [0.25, 0.3) is 10.9 Å². The number of aromatic nitrogens is 2. The molecule has 0 saturated carbocycles. The van der Waals surface area contributed by atoms with E-state index in [1.807, 2.05) is 18.2 Å². The smallest absolute Gasteiger partial charge is 0.305 e. The van der Waals surface area contributed by atoms with Crippen LogP contribution < -0.4 is 5.32 Å². The standard InChI is InChI=1S/C21H28N4O3/c1-28-19(26)5-3-2-4-14-6-7-17-16(12-14)20(24-23-17)21(27)22-18-13-25-10-8-15(18)9-11-25/h6-7,12,15,18H,2-5,8-11,13H2,1H3,(H,22,27)(H,23,24)/t18-/m1/s1. The third-order valence-corrected chi connectivity index (χ3v) is 6.14. The number of amides is 1. The molecule has 0 unspecified atom stereocenters. The number of nitrogens with one attached hydrogen (secondary N) is 2. The van der Waals surface area contributed by atoms with E-state index in [1.165, 1.54) is 20.0 Å². The highest BCUT2D eigenvalue weighted by Crippen LogP contribution is 2.28. The zero-order valence-corrected chi connectivity index (χ0v) is 16.4. The number of hydrogen-bond donors (Lipinski definition) is 2. The van der Waals surface area contributed by atoms with E-state index < -0.39 is 0 Å². The maximum Gasteiger partial charge on any atom is 0.305 e. The largest absolute Gasteiger partial charge is 0.469 e. The van der Waals surface area contributed by atoms with Crippen LogP contribution in [0.3, 0.4) is 0 Å². The number of esters is 1. The lowest BCUT2D eigenvalue weighted by Crippen LogP contribution is -2.57. The van der Waals surface area contributed by atoms with Crippen molar-refractivity contribution in [3.63, 3.8) is 0 Å². The van der Waals surface area contributed by atoms with Gasteiger partial charge < -0.3 is 15.0 Å². The molecule has 2 N–H and O–H groups in total. The Labute approximate surface area is 164 Å². The fourth-order valence-corrected chi connectivity index (χ4v) is 4.46. The van der Waals surface area contributed by atoms with Crippen LogP contribution in [0.4, 0.5) is 0 Å². The van der Waals surface area contributed by atoms with Gasteiger partial charge in [-0.15, -0.1) is 0 Å². The second kappa shape index (κ2) is 8.31. The monoisotopic (exact) mass is 384 g/mol. The third-order valence-electron chi connectivity index (χ3n) is 6.14. The first-order valence-corrected chi connectivity index (χ1v) is 10.2. The Morgan fingerprint density at radius 3 is 2.82 bits per heavy atom. The highest BCUT2D eigenvalue weighted by Gasteiger charge is 2.35. The Kier molecular flexibility index (Phi) is 5.62. The molecule has 2 bridgehead atoms. The Balaban J connectivity index is 1.41. The predicted octanol–water partition coefficient (Wildman–Crippen LogP) is 2.27. The number of aromatic amines is 1. The summed E-state index contributed by atoms with van der Waals surface area (Å²) in [5.74, 6) is 0.328. The van der Waals surface area contributed by atoms with Gasteiger partial charge in [-0.2, -0.15) is 5.10 Å². The number of carbonyl (C=O) groups is 2. The normalized spacial score (nSPS) is 23.7. The van der Waals surface area contributed by atoms with Crippen molar-refractivity contribution < 1.29 is 14.3 Å². The molecule has 150 valence electrons.